The topological polar surface area (TPSA) is 21.3 Å². The number of ether oxygens (including phenoxy) is 1. The summed E-state index contributed by atoms with van der Waals surface area (Å²) < 4.78 is 41.9. The number of hydrogen-bond donors (Lipinski definition) is 1. The highest BCUT2D eigenvalue weighted by molar-refractivity contribution is 8.00. The summed E-state index contributed by atoms with van der Waals surface area (Å²) in [7, 11) is 1.55. The lowest BCUT2D eigenvalue weighted by Gasteiger charge is -2.17. The predicted octanol–water partition coefficient (Wildman–Crippen LogP) is 3.75. The van der Waals surface area contributed by atoms with Crippen molar-refractivity contribution in [2.45, 2.75) is 23.4 Å². The van der Waals surface area contributed by atoms with Crippen molar-refractivity contribution in [1.29, 1.82) is 0 Å². The van der Waals surface area contributed by atoms with E-state index in [1.54, 1.807) is 25.3 Å². The molecular weight excluding hydrogens is 251 g/mol. The predicted molar refractivity (Wildman–Crippen MR) is 63.3 cm³/mol. The van der Waals surface area contributed by atoms with E-state index in [9.17, 15) is 13.2 Å². The molecule has 0 aromatic heterocycles. The summed E-state index contributed by atoms with van der Waals surface area (Å²) in [5.41, 5.74) is -3.80. The molecule has 1 rings (SSSR count). The molecule has 0 saturated heterocycles. The Morgan fingerprint density at radius 1 is 1.35 bits per heavy atom. The van der Waals surface area contributed by atoms with E-state index in [0.29, 0.717) is 12.3 Å². The Bertz CT molecular complexity index is 357. The summed E-state index contributed by atoms with van der Waals surface area (Å²) in [6.07, 6.45) is 0. The summed E-state index contributed by atoms with van der Waals surface area (Å²) >= 11 is -0.116. The molecule has 0 amide bonds. The third-order valence-corrected chi connectivity index (χ3v) is 2.74. The number of alkyl halides is 3. The lowest BCUT2D eigenvalue weighted by Crippen LogP contribution is -2.21. The maximum Gasteiger partial charge on any atom is 0.446 e. The molecule has 0 aliphatic heterocycles. The van der Waals surface area contributed by atoms with Crippen LogP contribution in [0.15, 0.2) is 29.2 Å². The molecule has 1 aromatic rings. The summed E-state index contributed by atoms with van der Waals surface area (Å²) in [6.45, 7) is 2.28. The molecule has 6 heteroatoms. The van der Waals surface area contributed by atoms with Gasteiger partial charge in [0.1, 0.15) is 0 Å². The van der Waals surface area contributed by atoms with Crippen LogP contribution in [0.3, 0.4) is 0 Å². The van der Waals surface area contributed by atoms with Gasteiger partial charge in [0.05, 0.1) is 6.61 Å². The Balaban J connectivity index is 2.77. The average molecular weight is 265 g/mol. The molecule has 1 unspecified atom stereocenters. The Morgan fingerprint density at radius 2 is 2.00 bits per heavy atom. The fourth-order valence-corrected chi connectivity index (χ4v) is 1.99. The zero-order chi connectivity index (χ0) is 12.9. The minimum absolute atomic E-state index is 0.0463. The van der Waals surface area contributed by atoms with Gasteiger partial charge in [0.15, 0.2) is 0 Å². The zero-order valence-corrected chi connectivity index (χ0v) is 10.4. The fourth-order valence-electron chi connectivity index (χ4n) is 1.36. The zero-order valence-electron chi connectivity index (χ0n) is 9.54. The van der Waals surface area contributed by atoms with Crippen molar-refractivity contribution >= 4 is 17.4 Å². The van der Waals surface area contributed by atoms with Gasteiger partial charge in [-0.3, -0.25) is 0 Å². The molecule has 1 atom stereocenters. The van der Waals surface area contributed by atoms with E-state index in [4.69, 9.17) is 4.74 Å². The van der Waals surface area contributed by atoms with Crippen molar-refractivity contribution in [2.75, 3.05) is 19.0 Å². The number of thioether (sulfide) groups is 1. The summed E-state index contributed by atoms with van der Waals surface area (Å²) in [4.78, 5) is 0.169. The van der Waals surface area contributed by atoms with Crippen LogP contribution in [0.2, 0.25) is 0 Å². The number of benzene rings is 1. The molecule has 0 saturated carbocycles. The number of anilines is 1. The van der Waals surface area contributed by atoms with Crippen LogP contribution in [-0.2, 0) is 4.74 Å². The van der Waals surface area contributed by atoms with Crippen molar-refractivity contribution in [3.05, 3.63) is 24.3 Å². The summed E-state index contributed by atoms with van der Waals surface area (Å²) in [6, 6.07) is 6.30. The summed E-state index contributed by atoms with van der Waals surface area (Å²) in [5.74, 6) is 0. The average Bonchev–Trinajstić information content (AvgIpc) is 2.19. The molecule has 0 heterocycles. The third-order valence-electron chi connectivity index (χ3n) is 1.93. The van der Waals surface area contributed by atoms with Crippen molar-refractivity contribution < 1.29 is 17.9 Å². The number of rotatable bonds is 5. The first-order valence-electron chi connectivity index (χ1n) is 5.02. The van der Waals surface area contributed by atoms with Crippen molar-refractivity contribution in [3.63, 3.8) is 0 Å². The second kappa shape index (κ2) is 6.16. The van der Waals surface area contributed by atoms with Gasteiger partial charge in [-0.1, -0.05) is 12.1 Å². The van der Waals surface area contributed by atoms with Crippen molar-refractivity contribution in [3.8, 4) is 0 Å². The summed E-state index contributed by atoms with van der Waals surface area (Å²) in [5, 5.41) is 2.99. The molecule has 0 radical (unpaired) electrons. The van der Waals surface area contributed by atoms with E-state index in [0.717, 1.165) is 0 Å². The van der Waals surface area contributed by atoms with Gasteiger partial charge in [0.2, 0.25) is 0 Å². The normalized spacial score (nSPS) is 13.5. The Labute approximate surface area is 103 Å². The maximum absolute atomic E-state index is 12.3. The molecule has 0 fully saturated rings. The van der Waals surface area contributed by atoms with Gasteiger partial charge in [-0.05, 0) is 30.8 Å². The Morgan fingerprint density at radius 3 is 2.59 bits per heavy atom. The van der Waals surface area contributed by atoms with Crippen molar-refractivity contribution in [2.24, 2.45) is 0 Å². The number of hydrogen-bond acceptors (Lipinski definition) is 3. The van der Waals surface area contributed by atoms with Gasteiger partial charge in [0, 0.05) is 23.7 Å². The van der Waals surface area contributed by atoms with Crippen LogP contribution >= 0.6 is 11.8 Å². The molecular formula is C11H14F3NOS. The second-order valence-corrected chi connectivity index (χ2v) is 4.65. The largest absolute Gasteiger partial charge is 0.446 e. The highest BCUT2D eigenvalue weighted by Gasteiger charge is 2.30. The second-order valence-electron chi connectivity index (χ2n) is 3.54. The van der Waals surface area contributed by atoms with Crippen LogP contribution in [0.1, 0.15) is 6.92 Å². The standard InChI is InChI=1S/C11H14F3NOS/c1-8(7-16-2)15-9-5-3-4-6-10(9)17-11(12,13)14/h3-6,8,15H,7H2,1-2H3. The van der Waals surface area contributed by atoms with Gasteiger partial charge in [-0.25, -0.2) is 0 Å². The minimum Gasteiger partial charge on any atom is -0.383 e. The third kappa shape index (κ3) is 5.32. The van der Waals surface area contributed by atoms with E-state index < -0.39 is 5.51 Å². The van der Waals surface area contributed by atoms with Crippen LogP contribution in [-0.4, -0.2) is 25.3 Å². The fraction of sp³-hybridized carbons (Fsp3) is 0.455. The first kappa shape index (κ1) is 14.2. The minimum atomic E-state index is -4.28. The van der Waals surface area contributed by atoms with Gasteiger partial charge in [0.25, 0.3) is 0 Å². The van der Waals surface area contributed by atoms with E-state index >= 15 is 0 Å². The molecule has 0 bridgehead atoms. The Kier molecular flexibility index (Phi) is 5.14. The molecule has 0 aliphatic carbocycles. The molecule has 1 N–H and O–H groups in total. The molecule has 0 aliphatic rings. The number of para-hydroxylation sites is 1. The van der Waals surface area contributed by atoms with Crippen LogP contribution in [0, 0.1) is 0 Å². The maximum atomic E-state index is 12.3. The first-order valence-corrected chi connectivity index (χ1v) is 5.84. The lowest BCUT2D eigenvalue weighted by atomic mass is 10.3. The van der Waals surface area contributed by atoms with E-state index in [2.05, 4.69) is 5.32 Å². The van der Waals surface area contributed by atoms with E-state index in [1.165, 1.54) is 6.07 Å². The number of methoxy groups -OCH3 is 1. The SMILES string of the molecule is COCC(C)Nc1ccccc1SC(F)(F)F. The van der Waals surface area contributed by atoms with Crippen molar-refractivity contribution in [1.82, 2.24) is 0 Å². The van der Waals surface area contributed by atoms with Crippen LogP contribution < -0.4 is 5.32 Å². The lowest BCUT2D eigenvalue weighted by molar-refractivity contribution is -0.0327. The van der Waals surface area contributed by atoms with Crippen LogP contribution in [0.4, 0.5) is 18.9 Å². The Hall–Kier alpha value is -0.880. The van der Waals surface area contributed by atoms with Gasteiger partial charge < -0.3 is 10.1 Å². The monoisotopic (exact) mass is 265 g/mol. The van der Waals surface area contributed by atoms with Gasteiger partial charge in [-0.15, -0.1) is 0 Å². The van der Waals surface area contributed by atoms with Gasteiger partial charge >= 0.3 is 5.51 Å². The first-order chi connectivity index (χ1) is 7.92. The van der Waals surface area contributed by atoms with Crippen LogP contribution in [0.25, 0.3) is 0 Å². The molecule has 17 heavy (non-hydrogen) atoms. The quantitative estimate of drug-likeness (QED) is 0.819. The number of nitrogens with one attached hydrogen (secondary N) is 1. The molecule has 0 spiro atoms. The molecule has 96 valence electrons. The van der Waals surface area contributed by atoms with Crippen LogP contribution in [0.5, 0.6) is 0 Å². The van der Waals surface area contributed by atoms with Gasteiger partial charge in [-0.2, -0.15) is 13.2 Å². The molecule has 2 nitrogen and oxygen atoms in total. The smallest absolute Gasteiger partial charge is 0.383 e. The molecule has 1 aromatic carbocycles. The highest BCUT2D eigenvalue weighted by atomic mass is 32.2. The highest BCUT2D eigenvalue weighted by Crippen LogP contribution is 2.40. The van der Waals surface area contributed by atoms with E-state index in [1.807, 2.05) is 6.92 Å². The number of halogens is 3. The van der Waals surface area contributed by atoms with E-state index in [-0.39, 0.29) is 22.7 Å².